The standard InChI is InChI=1S/C21H24N2O5/c1-14(24)22-18(12-15-6-4-3-5-7-15)20(25)23-19(21(26)27)13-16-8-10-17(28-2)11-9-16/h3-11,18-19H,12-13H2,1-2H3,(H,22,24)(H,23,25)(H,26,27)/t18-,19+/m1/s1. The Morgan fingerprint density at radius 1 is 0.893 bits per heavy atom. The lowest BCUT2D eigenvalue weighted by molar-refractivity contribution is -0.142. The van der Waals surface area contributed by atoms with E-state index in [0.717, 1.165) is 11.1 Å². The Bertz CT molecular complexity index is 805. The smallest absolute Gasteiger partial charge is 0.326 e. The van der Waals surface area contributed by atoms with Crippen LogP contribution in [0.15, 0.2) is 54.6 Å². The highest BCUT2D eigenvalue weighted by Gasteiger charge is 2.26. The molecule has 2 amide bonds. The second-order valence-corrected chi connectivity index (χ2v) is 6.39. The van der Waals surface area contributed by atoms with Crippen molar-refractivity contribution in [3.05, 3.63) is 65.7 Å². The minimum atomic E-state index is -1.15. The van der Waals surface area contributed by atoms with Gasteiger partial charge in [-0.15, -0.1) is 0 Å². The second kappa shape index (κ2) is 10.1. The molecule has 0 radical (unpaired) electrons. The zero-order valence-electron chi connectivity index (χ0n) is 15.8. The van der Waals surface area contributed by atoms with Gasteiger partial charge in [0, 0.05) is 19.8 Å². The van der Waals surface area contributed by atoms with Gasteiger partial charge < -0.3 is 20.5 Å². The number of carboxylic acid groups (broad SMARTS) is 1. The number of hydrogen-bond donors (Lipinski definition) is 3. The molecule has 2 aromatic rings. The molecule has 0 saturated heterocycles. The van der Waals surface area contributed by atoms with Crippen LogP contribution in [-0.4, -0.2) is 42.1 Å². The van der Waals surface area contributed by atoms with Gasteiger partial charge in [-0.2, -0.15) is 0 Å². The van der Waals surface area contributed by atoms with E-state index < -0.39 is 24.0 Å². The van der Waals surface area contributed by atoms with Gasteiger partial charge in [0.05, 0.1) is 7.11 Å². The lowest BCUT2D eigenvalue weighted by Gasteiger charge is -2.21. The van der Waals surface area contributed by atoms with E-state index in [1.807, 2.05) is 30.3 Å². The molecule has 0 aliphatic rings. The van der Waals surface area contributed by atoms with Crippen LogP contribution in [0.5, 0.6) is 5.75 Å². The first-order chi connectivity index (χ1) is 13.4. The summed E-state index contributed by atoms with van der Waals surface area (Å²) in [6.45, 7) is 1.32. The number of carbonyl (C=O) groups excluding carboxylic acids is 2. The van der Waals surface area contributed by atoms with Crippen LogP contribution in [0, 0.1) is 0 Å². The van der Waals surface area contributed by atoms with E-state index in [9.17, 15) is 19.5 Å². The summed E-state index contributed by atoms with van der Waals surface area (Å²) in [6.07, 6.45) is 0.379. The van der Waals surface area contributed by atoms with Crippen LogP contribution in [0.1, 0.15) is 18.1 Å². The van der Waals surface area contributed by atoms with Gasteiger partial charge in [-0.3, -0.25) is 9.59 Å². The molecule has 28 heavy (non-hydrogen) atoms. The third kappa shape index (κ3) is 6.42. The van der Waals surface area contributed by atoms with Crippen LogP contribution < -0.4 is 15.4 Å². The molecule has 2 aromatic carbocycles. The highest BCUT2D eigenvalue weighted by atomic mass is 16.5. The summed E-state index contributed by atoms with van der Waals surface area (Å²) in [6, 6.07) is 14.2. The minimum absolute atomic E-state index is 0.114. The van der Waals surface area contributed by atoms with Crippen molar-refractivity contribution in [2.24, 2.45) is 0 Å². The number of aliphatic carboxylic acids is 1. The van der Waals surface area contributed by atoms with Gasteiger partial charge in [0.15, 0.2) is 0 Å². The van der Waals surface area contributed by atoms with Gasteiger partial charge in [-0.25, -0.2) is 4.79 Å². The molecule has 0 unspecified atom stereocenters. The zero-order chi connectivity index (χ0) is 20.5. The van der Waals surface area contributed by atoms with Crippen molar-refractivity contribution < 1.29 is 24.2 Å². The molecule has 0 aliphatic heterocycles. The van der Waals surface area contributed by atoms with Crippen LogP contribution in [0.3, 0.4) is 0 Å². The molecule has 0 heterocycles. The topological polar surface area (TPSA) is 105 Å². The molecular formula is C21H24N2O5. The summed E-state index contributed by atoms with van der Waals surface area (Å²) in [7, 11) is 1.55. The number of methoxy groups -OCH3 is 1. The van der Waals surface area contributed by atoms with Gasteiger partial charge in [0.25, 0.3) is 0 Å². The maximum Gasteiger partial charge on any atom is 0.326 e. The monoisotopic (exact) mass is 384 g/mol. The molecule has 148 valence electrons. The van der Waals surface area contributed by atoms with Gasteiger partial charge in [0.1, 0.15) is 17.8 Å². The normalized spacial score (nSPS) is 12.5. The van der Waals surface area contributed by atoms with Crippen molar-refractivity contribution in [3.63, 3.8) is 0 Å². The molecule has 0 saturated carbocycles. The molecule has 0 spiro atoms. The van der Waals surface area contributed by atoms with E-state index in [1.54, 1.807) is 31.4 Å². The highest BCUT2D eigenvalue weighted by molar-refractivity contribution is 5.90. The minimum Gasteiger partial charge on any atom is -0.497 e. The number of benzene rings is 2. The molecule has 2 rings (SSSR count). The first-order valence-corrected chi connectivity index (χ1v) is 8.86. The lowest BCUT2D eigenvalue weighted by atomic mass is 10.0. The molecule has 3 N–H and O–H groups in total. The Labute approximate surface area is 163 Å². The quantitative estimate of drug-likeness (QED) is 0.609. The molecular weight excluding hydrogens is 360 g/mol. The number of carboxylic acids is 1. The third-order valence-electron chi connectivity index (χ3n) is 4.19. The SMILES string of the molecule is COc1ccc(C[C@H](NC(=O)[C@@H](Cc2ccccc2)NC(C)=O)C(=O)O)cc1. The molecule has 7 heteroatoms. The predicted octanol–water partition coefficient (Wildman–Crippen LogP) is 1.55. The van der Waals surface area contributed by atoms with E-state index in [-0.39, 0.29) is 18.7 Å². The fraction of sp³-hybridized carbons (Fsp3) is 0.286. The third-order valence-corrected chi connectivity index (χ3v) is 4.19. The van der Waals surface area contributed by atoms with Crippen LogP contribution in [0.4, 0.5) is 0 Å². The number of amides is 2. The van der Waals surface area contributed by atoms with E-state index in [4.69, 9.17) is 4.74 Å². The summed E-state index contributed by atoms with van der Waals surface area (Å²) >= 11 is 0. The van der Waals surface area contributed by atoms with Gasteiger partial charge >= 0.3 is 5.97 Å². The number of hydrogen-bond acceptors (Lipinski definition) is 4. The predicted molar refractivity (Wildman–Crippen MR) is 104 cm³/mol. The van der Waals surface area contributed by atoms with Gasteiger partial charge in [-0.1, -0.05) is 42.5 Å². The Kier molecular flexibility index (Phi) is 7.56. The van der Waals surface area contributed by atoms with E-state index in [2.05, 4.69) is 10.6 Å². The second-order valence-electron chi connectivity index (χ2n) is 6.39. The van der Waals surface area contributed by atoms with E-state index >= 15 is 0 Å². The summed E-state index contributed by atoms with van der Waals surface area (Å²) in [5.41, 5.74) is 1.60. The van der Waals surface area contributed by atoms with Crippen molar-refractivity contribution >= 4 is 17.8 Å². The fourth-order valence-corrected chi connectivity index (χ4v) is 2.77. The molecule has 0 aromatic heterocycles. The molecule has 0 fully saturated rings. The highest BCUT2D eigenvalue weighted by Crippen LogP contribution is 2.13. The first-order valence-electron chi connectivity index (χ1n) is 8.86. The van der Waals surface area contributed by atoms with Crippen molar-refractivity contribution in [1.29, 1.82) is 0 Å². The number of ether oxygens (including phenoxy) is 1. The first kappa shape index (κ1) is 21.0. The van der Waals surface area contributed by atoms with Crippen LogP contribution in [0.2, 0.25) is 0 Å². The molecule has 2 atom stereocenters. The maximum absolute atomic E-state index is 12.7. The Morgan fingerprint density at radius 2 is 1.46 bits per heavy atom. The summed E-state index contributed by atoms with van der Waals surface area (Å²) in [4.78, 5) is 35.8. The summed E-state index contributed by atoms with van der Waals surface area (Å²) in [5.74, 6) is -1.39. The van der Waals surface area contributed by atoms with Gasteiger partial charge in [-0.05, 0) is 23.3 Å². The zero-order valence-corrected chi connectivity index (χ0v) is 15.8. The number of nitrogens with one attached hydrogen (secondary N) is 2. The molecule has 0 bridgehead atoms. The number of carbonyl (C=O) groups is 3. The average molecular weight is 384 g/mol. The lowest BCUT2D eigenvalue weighted by Crippen LogP contribution is -2.52. The molecule has 0 aliphatic carbocycles. The van der Waals surface area contributed by atoms with Crippen molar-refractivity contribution in [3.8, 4) is 5.75 Å². The van der Waals surface area contributed by atoms with Crippen molar-refractivity contribution in [2.45, 2.75) is 31.8 Å². The molecule has 7 nitrogen and oxygen atoms in total. The average Bonchev–Trinajstić information content (AvgIpc) is 2.67. The van der Waals surface area contributed by atoms with Crippen LogP contribution >= 0.6 is 0 Å². The van der Waals surface area contributed by atoms with Crippen LogP contribution in [0.25, 0.3) is 0 Å². The van der Waals surface area contributed by atoms with Crippen molar-refractivity contribution in [2.75, 3.05) is 7.11 Å². The maximum atomic E-state index is 12.7. The number of rotatable bonds is 9. The Balaban J connectivity index is 2.09. The summed E-state index contributed by atoms with van der Waals surface area (Å²) in [5, 5.41) is 14.6. The summed E-state index contributed by atoms with van der Waals surface area (Å²) < 4.78 is 5.08. The van der Waals surface area contributed by atoms with E-state index in [0.29, 0.717) is 5.75 Å². The van der Waals surface area contributed by atoms with Crippen LogP contribution in [-0.2, 0) is 27.2 Å². The van der Waals surface area contributed by atoms with E-state index in [1.165, 1.54) is 6.92 Å². The largest absolute Gasteiger partial charge is 0.497 e. The fourth-order valence-electron chi connectivity index (χ4n) is 2.77. The van der Waals surface area contributed by atoms with Crippen molar-refractivity contribution in [1.82, 2.24) is 10.6 Å². The Morgan fingerprint density at radius 3 is 2.00 bits per heavy atom. The Hall–Kier alpha value is -3.35. The van der Waals surface area contributed by atoms with Gasteiger partial charge in [0.2, 0.25) is 11.8 Å².